The predicted molar refractivity (Wildman–Crippen MR) is 132 cm³/mol. The molecule has 4 aromatic rings. The highest BCUT2D eigenvalue weighted by Crippen LogP contribution is 2.31. The molecule has 0 saturated heterocycles. The van der Waals surface area contributed by atoms with Gasteiger partial charge in [0.05, 0.1) is 28.3 Å². The van der Waals surface area contributed by atoms with E-state index in [-0.39, 0.29) is 11.8 Å². The summed E-state index contributed by atoms with van der Waals surface area (Å²) in [5, 5.41) is 5.86. The average Bonchev–Trinajstić information content (AvgIpc) is 3.52. The molecular formula is C25H20ClN3O4S. The number of methoxy groups -OCH3 is 1. The summed E-state index contributed by atoms with van der Waals surface area (Å²) in [7, 11) is 1.35. The number of halogens is 1. The van der Waals surface area contributed by atoms with Crippen molar-refractivity contribution in [3.63, 3.8) is 0 Å². The Morgan fingerprint density at radius 3 is 2.71 bits per heavy atom. The fourth-order valence-corrected chi connectivity index (χ4v) is 4.94. The molecular weight excluding hydrogens is 474 g/mol. The van der Waals surface area contributed by atoms with Gasteiger partial charge < -0.3 is 19.9 Å². The van der Waals surface area contributed by atoms with Crippen LogP contribution in [0.5, 0.6) is 0 Å². The number of esters is 1. The molecule has 0 radical (unpaired) electrons. The van der Waals surface area contributed by atoms with E-state index >= 15 is 0 Å². The summed E-state index contributed by atoms with van der Waals surface area (Å²) in [5.41, 5.74) is 4.24. The van der Waals surface area contributed by atoms with E-state index in [1.807, 2.05) is 11.4 Å². The van der Waals surface area contributed by atoms with Crippen LogP contribution in [-0.2, 0) is 17.7 Å². The molecule has 2 aromatic carbocycles. The minimum atomic E-state index is -0.404. The Hall–Kier alpha value is -3.62. The summed E-state index contributed by atoms with van der Waals surface area (Å²) in [6.45, 7) is 0.945. The van der Waals surface area contributed by atoms with Crippen molar-refractivity contribution < 1.29 is 19.1 Å². The predicted octanol–water partition coefficient (Wildman–Crippen LogP) is 5.12. The van der Waals surface area contributed by atoms with Crippen molar-refractivity contribution >= 4 is 57.3 Å². The molecule has 0 bridgehead atoms. The first-order chi connectivity index (χ1) is 16.4. The SMILES string of the molecule is COC(=O)c1ccc2[nH]c3c(c2c1)CN(C(=O)c1ccc(Cl)c(NC(=O)c2cccs2)c1)CC3. The average molecular weight is 494 g/mol. The van der Waals surface area contributed by atoms with E-state index in [4.69, 9.17) is 16.3 Å². The van der Waals surface area contributed by atoms with Gasteiger partial charge in [-0.05, 0) is 47.8 Å². The van der Waals surface area contributed by atoms with E-state index in [9.17, 15) is 14.4 Å². The summed E-state index contributed by atoms with van der Waals surface area (Å²) >= 11 is 7.61. The molecule has 34 heavy (non-hydrogen) atoms. The maximum atomic E-state index is 13.4. The number of rotatable bonds is 4. The van der Waals surface area contributed by atoms with Crippen LogP contribution < -0.4 is 5.32 Å². The van der Waals surface area contributed by atoms with E-state index in [1.165, 1.54) is 18.4 Å². The number of hydrogen-bond donors (Lipinski definition) is 2. The molecule has 0 atom stereocenters. The van der Waals surface area contributed by atoms with Gasteiger partial charge in [0.2, 0.25) is 0 Å². The normalized spacial score (nSPS) is 12.9. The molecule has 172 valence electrons. The van der Waals surface area contributed by atoms with E-state index in [0.717, 1.165) is 22.2 Å². The fourth-order valence-electron chi connectivity index (χ4n) is 4.16. The molecule has 5 rings (SSSR count). The van der Waals surface area contributed by atoms with Crippen LogP contribution in [-0.4, -0.2) is 41.3 Å². The van der Waals surface area contributed by atoms with E-state index in [0.29, 0.717) is 46.2 Å². The van der Waals surface area contributed by atoms with Crippen LogP contribution in [0.25, 0.3) is 10.9 Å². The number of benzene rings is 2. The number of aromatic amines is 1. The first kappa shape index (κ1) is 22.2. The Bertz CT molecular complexity index is 1430. The molecule has 2 N–H and O–H groups in total. The zero-order valence-corrected chi connectivity index (χ0v) is 19.8. The van der Waals surface area contributed by atoms with Gasteiger partial charge in [0.1, 0.15) is 0 Å². The van der Waals surface area contributed by atoms with Gasteiger partial charge in [-0.15, -0.1) is 11.3 Å². The Labute approximate surface area is 204 Å². The smallest absolute Gasteiger partial charge is 0.337 e. The van der Waals surface area contributed by atoms with Crippen LogP contribution in [0.3, 0.4) is 0 Å². The lowest BCUT2D eigenvalue weighted by Gasteiger charge is -2.27. The van der Waals surface area contributed by atoms with Crippen LogP contribution in [0.1, 0.15) is 41.6 Å². The van der Waals surface area contributed by atoms with Crippen LogP contribution in [0.4, 0.5) is 5.69 Å². The van der Waals surface area contributed by atoms with Crippen molar-refractivity contribution in [3.05, 3.63) is 86.2 Å². The summed E-state index contributed by atoms with van der Waals surface area (Å²) in [6, 6.07) is 13.8. The lowest BCUT2D eigenvalue weighted by atomic mass is 10.0. The van der Waals surface area contributed by atoms with Gasteiger partial charge in [-0.3, -0.25) is 9.59 Å². The number of carbonyl (C=O) groups is 3. The monoisotopic (exact) mass is 493 g/mol. The number of carbonyl (C=O) groups excluding carboxylic acids is 3. The van der Waals surface area contributed by atoms with Gasteiger partial charge in [-0.2, -0.15) is 0 Å². The van der Waals surface area contributed by atoms with E-state index in [1.54, 1.807) is 47.4 Å². The maximum Gasteiger partial charge on any atom is 0.337 e. The fraction of sp³-hybridized carbons (Fsp3) is 0.160. The van der Waals surface area contributed by atoms with Crippen LogP contribution in [0.2, 0.25) is 5.02 Å². The highest BCUT2D eigenvalue weighted by Gasteiger charge is 2.26. The third kappa shape index (κ3) is 4.06. The molecule has 0 unspecified atom stereocenters. The number of thiophene rings is 1. The second-order valence-corrected chi connectivity index (χ2v) is 9.29. The third-order valence-electron chi connectivity index (χ3n) is 5.89. The van der Waals surface area contributed by atoms with Crippen molar-refractivity contribution in [2.24, 2.45) is 0 Å². The highest BCUT2D eigenvalue weighted by molar-refractivity contribution is 7.12. The zero-order valence-electron chi connectivity index (χ0n) is 18.2. The Morgan fingerprint density at radius 2 is 1.94 bits per heavy atom. The number of H-pyrrole nitrogens is 1. The minimum absolute atomic E-state index is 0.160. The van der Waals surface area contributed by atoms with Crippen molar-refractivity contribution in [1.29, 1.82) is 0 Å². The lowest BCUT2D eigenvalue weighted by Crippen LogP contribution is -2.35. The number of hydrogen-bond acceptors (Lipinski definition) is 5. The number of nitrogens with one attached hydrogen (secondary N) is 2. The number of fused-ring (bicyclic) bond motifs is 3. The molecule has 1 aliphatic heterocycles. The van der Waals surface area contributed by atoms with Gasteiger partial charge in [0.25, 0.3) is 11.8 Å². The Balaban J connectivity index is 1.40. The maximum absolute atomic E-state index is 13.4. The molecule has 0 saturated carbocycles. The Kier molecular flexibility index (Phi) is 5.85. The van der Waals surface area contributed by atoms with Crippen LogP contribution in [0.15, 0.2) is 53.9 Å². The second kappa shape index (κ2) is 8.96. The number of aromatic nitrogens is 1. The molecule has 3 heterocycles. The lowest BCUT2D eigenvalue weighted by molar-refractivity contribution is 0.0600. The first-order valence-corrected chi connectivity index (χ1v) is 11.9. The summed E-state index contributed by atoms with van der Waals surface area (Å²) in [6.07, 6.45) is 0.666. The molecule has 9 heteroatoms. The summed E-state index contributed by atoms with van der Waals surface area (Å²) < 4.78 is 4.84. The standard InChI is InChI=1S/C25H20ClN3O4S/c1-33-25(32)15-5-7-19-16(11-15)17-13-29(9-8-20(17)27-19)24(31)14-4-6-18(26)21(12-14)28-23(30)22-3-2-10-34-22/h2-7,10-12,27H,8-9,13H2,1H3,(H,28,30). The number of amides is 2. The van der Waals surface area contributed by atoms with Gasteiger partial charge >= 0.3 is 5.97 Å². The van der Waals surface area contributed by atoms with Gasteiger partial charge in [0.15, 0.2) is 0 Å². The molecule has 2 aromatic heterocycles. The largest absolute Gasteiger partial charge is 0.465 e. The van der Waals surface area contributed by atoms with Crippen molar-refractivity contribution in [3.8, 4) is 0 Å². The van der Waals surface area contributed by atoms with Crippen molar-refractivity contribution in [2.45, 2.75) is 13.0 Å². The topological polar surface area (TPSA) is 91.5 Å². The quantitative estimate of drug-likeness (QED) is 0.386. The van der Waals surface area contributed by atoms with Gasteiger partial charge in [0, 0.05) is 47.2 Å². The molecule has 7 nitrogen and oxygen atoms in total. The van der Waals surface area contributed by atoms with Gasteiger partial charge in [-0.25, -0.2) is 4.79 Å². The van der Waals surface area contributed by atoms with E-state index in [2.05, 4.69) is 10.3 Å². The number of ether oxygens (including phenoxy) is 1. The Morgan fingerprint density at radius 1 is 1.12 bits per heavy atom. The van der Waals surface area contributed by atoms with Crippen molar-refractivity contribution in [1.82, 2.24) is 9.88 Å². The number of nitrogens with zero attached hydrogens (tertiary/aromatic N) is 1. The second-order valence-electron chi connectivity index (χ2n) is 7.94. The van der Waals surface area contributed by atoms with E-state index < -0.39 is 5.97 Å². The zero-order chi connectivity index (χ0) is 23.8. The molecule has 2 amide bonds. The first-order valence-electron chi connectivity index (χ1n) is 10.6. The molecule has 0 fully saturated rings. The highest BCUT2D eigenvalue weighted by atomic mass is 35.5. The minimum Gasteiger partial charge on any atom is -0.465 e. The van der Waals surface area contributed by atoms with Crippen LogP contribution in [0, 0.1) is 0 Å². The van der Waals surface area contributed by atoms with Crippen LogP contribution >= 0.6 is 22.9 Å². The number of anilines is 1. The molecule has 0 spiro atoms. The molecule has 1 aliphatic rings. The third-order valence-corrected chi connectivity index (χ3v) is 7.09. The summed E-state index contributed by atoms with van der Waals surface area (Å²) in [4.78, 5) is 43.5. The molecule has 0 aliphatic carbocycles. The van der Waals surface area contributed by atoms with Gasteiger partial charge in [-0.1, -0.05) is 17.7 Å². The van der Waals surface area contributed by atoms with Crippen molar-refractivity contribution in [2.75, 3.05) is 19.0 Å². The summed E-state index contributed by atoms with van der Waals surface area (Å²) in [5.74, 6) is -0.837.